The van der Waals surface area contributed by atoms with Crippen molar-refractivity contribution in [3.05, 3.63) is 64.7 Å². The number of nitrogens with two attached hydrogens (primary N) is 1. The van der Waals surface area contributed by atoms with Gasteiger partial charge < -0.3 is 10.5 Å². The number of ether oxygens (including phenoxy) is 1. The average molecular weight is 269 g/mol. The van der Waals surface area contributed by atoms with E-state index in [4.69, 9.17) is 10.5 Å². The molecule has 0 saturated heterocycles. The Morgan fingerprint density at radius 3 is 2.25 bits per heavy atom. The van der Waals surface area contributed by atoms with Crippen LogP contribution in [0.5, 0.6) is 5.75 Å². The summed E-state index contributed by atoms with van der Waals surface area (Å²) < 4.78 is 5.53. The highest BCUT2D eigenvalue weighted by molar-refractivity contribution is 5.44. The van der Waals surface area contributed by atoms with E-state index in [0.717, 1.165) is 12.2 Å². The molecular formula is C18H23NO. The fraction of sp³-hybridized carbons (Fsp3) is 0.333. The van der Waals surface area contributed by atoms with E-state index in [-0.39, 0.29) is 5.92 Å². The zero-order valence-electron chi connectivity index (χ0n) is 12.5. The first-order valence-corrected chi connectivity index (χ1v) is 7.07. The zero-order chi connectivity index (χ0) is 14.5. The van der Waals surface area contributed by atoms with Gasteiger partial charge >= 0.3 is 0 Å². The van der Waals surface area contributed by atoms with E-state index in [0.29, 0.717) is 6.54 Å². The summed E-state index contributed by atoms with van der Waals surface area (Å²) in [7, 11) is 1.73. The Labute approximate surface area is 121 Å². The first-order chi connectivity index (χ1) is 9.65. The van der Waals surface area contributed by atoms with E-state index < -0.39 is 0 Å². The molecule has 2 rings (SSSR count). The van der Waals surface area contributed by atoms with E-state index >= 15 is 0 Å². The molecule has 0 saturated carbocycles. The van der Waals surface area contributed by atoms with Crippen LogP contribution in [0.2, 0.25) is 0 Å². The Morgan fingerprint density at radius 2 is 1.65 bits per heavy atom. The topological polar surface area (TPSA) is 35.2 Å². The molecule has 0 amide bonds. The van der Waals surface area contributed by atoms with E-state index in [9.17, 15) is 0 Å². The molecule has 0 aliphatic heterocycles. The lowest BCUT2D eigenvalue weighted by molar-refractivity contribution is 0.406. The smallest absolute Gasteiger partial charge is 0.122 e. The molecule has 0 heterocycles. The predicted octanol–water partition coefficient (Wildman–Crippen LogP) is 3.79. The van der Waals surface area contributed by atoms with Crippen LogP contribution < -0.4 is 10.5 Å². The molecule has 0 bridgehead atoms. The van der Waals surface area contributed by atoms with E-state index in [1.54, 1.807) is 7.11 Å². The highest BCUT2D eigenvalue weighted by Gasteiger charge is 2.17. The van der Waals surface area contributed by atoms with Gasteiger partial charge in [-0.05, 0) is 38.4 Å². The molecular weight excluding hydrogens is 246 g/mol. The van der Waals surface area contributed by atoms with Gasteiger partial charge in [-0.1, -0.05) is 47.5 Å². The summed E-state index contributed by atoms with van der Waals surface area (Å²) >= 11 is 0. The highest BCUT2D eigenvalue weighted by atomic mass is 16.5. The SMILES string of the molecule is COc1ccc(C)cc1C(CCN)c1ccc(C)cc1. The Kier molecular flexibility index (Phi) is 4.80. The Bertz CT molecular complexity index is 560. The van der Waals surface area contributed by atoms with Crippen LogP contribution in [0.4, 0.5) is 0 Å². The largest absolute Gasteiger partial charge is 0.496 e. The highest BCUT2D eigenvalue weighted by Crippen LogP contribution is 2.34. The normalized spacial score (nSPS) is 12.2. The van der Waals surface area contributed by atoms with Crippen LogP contribution in [0, 0.1) is 13.8 Å². The molecule has 2 aromatic carbocycles. The van der Waals surface area contributed by atoms with Gasteiger partial charge in [0.2, 0.25) is 0 Å². The van der Waals surface area contributed by atoms with Crippen LogP contribution in [0.25, 0.3) is 0 Å². The lowest BCUT2D eigenvalue weighted by Crippen LogP contribution is -2.10. The third-order valence-electron chi connectivity index (χ3n) is 3.70. The maximum absolute atomic E-state index is 5.82. The molecule has 0 aliphatic rings. The predicted molar refractivity (Wildman–Crippen MR) is 84.4 cm³/mol. The minimum absolute atomic E-state index is 0.287. The monoisotopic (exact) mass is 269 g/mol. The van der Waals surface area contributed by atoms with Crippen molar-refractivity contribution in [3.8, 4) is 5.75 Å². The Balaban J connectivity index is 2.47. The first kappa shape index (κ1) is 14.6. The summed E-state index contributed by atoms with van der Waals surface area (Å²) in [4.78, 5) is 0. The van der Waals surface area contributed by atoms with Gasteiger partial charge in [0.05, 0.1) is 7.11 Å². The summed E-state index contributed by atoms with van der Waals surface area (Å²) in [6.45, 7) is 4.88. The van der Waals surface area contributed by atoms with Gasteiger partial charge in [-0.2, -0.15) is 0 Å². The van der Waals surface area contributed by atoms with Crippen molar-refractivity contribution >= 4 is 0 Å². The van der Waals surface area contributed by atoms with Gasteiger partial charge in [0.25, 0.3) is 0 Å². The molecule has 2 heteroatoms. The summed E-state index contributed by atoms with van der Waals surface area (Å²) in [5.41, 5.74) is 10.9. The van der Waals surface area contributed by atoms with Crippen LogP contribution in [-0.4, -0.2) is 13.7 Å². The molecule has 0 aliphatic carbocycles. The molecule has 106 valence electrons. The van der Waals surface area contributed by atoms with E-state index in [1.807, 2.05) is 6.07 Å². The minimum Gasteiger partial charge on any atom is -0.496 e. The van der Waals surface area contributed by atoms with Crippen LogP contribution in [-0.2, 0) is 0 Å². The lowest BCUT2D eigenvalue weighted by atomic mass is 9.87. The molecule has 1 atom stereocenters. The van der Waals surface area contributed by atoms with Crippen molar-refractivity contribution in [1.82, 2.24) is 0 Å². The lowest BCUT2D eigenvalue weighted by Gasteiger charge is -2.20. The maximum atomic E-state index is 5.82. The van der Waals surface area contributed by atoms with Crippen molar-refractivity contribution in [2.45, 2.75) is 26.2 Å². The first-order valence-electron chi connectivity index (χ1n) is 7.07. The van der Waals surface area contributed by atoms with Gasteiger partial charge in [-0.3, -0.25) is 0 Å². The molecule has 0 radical (unpaired) electrons. The van der Waals surface area contributed by atoms with Crippen LogP contribution in [0.1, 0.15) is 34.6 Å². The third-order valence-corrected chi connectivity index (χ3v) is 3.70. The van der Waals surface area contributed by atoms with Gasteiger partial charge in [0.15, 0.2) is 0 Å². The molecule has 2 N–H and O–H groups in total. The zero-order valence-corrected chi connectivity index (χ0v) is 12.5. The van der Waals surface area contributed by atoms with Gasteiger partial charge in [-0.15, -0.1) is 0 Å². The molecule has 0 fully saturated rings. The number of aryl methyl sites for hydroxylation is 2. The summed E-state index contributed by atoms with van der Waals surface area (Å²) in [5, 5.41) is 0. The summed E-state index contributed by atoms with van der Waals surface area (Å²) in [6, 6.07) is 15.0. The maximum Gasteiger partial charge on any atom is 0.122 e. The third kappa shape index (κ3) is 3.20. The number of hydrogen-bond acceptors (Lipinski definition) is 2. The van der Waals surface area contributed by atoms with Crippen molar-refractivity contribution in [2.24, 2.45) is 5.73 Å². The van der Waals surface area contributed by atoms with Crippen molar-refractivity contribution in [2.75, 3.05) is 13.7 Å². The van der Waals surface area contributed by atoms with Crippen molar-refractivity contribution < 1.29 is 4.74 Å². The average Bonchev–Trinajstić information content (AvgIpc) is 2.46. The number of methoxy groups -OCH3 is 1. The second kappa shape index (κ2) is 6.58. The fourth-order valence-corrected chi connectivity index (χ4v) is 2.59. The molecule has 20 heavy (non-hydrogen) atoms. The quantitative estimate of drug-likeness (QED) is 0.896. The van der Waals surface area contributed by atoms with Crippen LogP contribution >= 0.6 is 0 Å². The second-order valence-electron chi connectivity index (χ2n) is 5.29. The molecule has 2 nitrogen and oxygen atoms in total. The Morgan fingerprint density at radius 1 is 1.00 bits per heavy atom. The molecule has 0 spiro atoms. The summed E-state index contributed by atoms with van der Waals surface area (Å²) in [5.74, 6) is 1.23. The fourth-order valence-electron chi connectivity index (χ4n) is 2.59. The van der Waals surface area contributed by atoms with Gasteiger partial charge in [0.1, 0.15) is 5.75 Å². The van der Waals surface area contributed by atoms with Crippen LogP contribution in [0.15, 0.2) is 42.5 Å². The van der Waals surface area contributed by atoms with Crippen LogP contribution in [0.3, 0.4) is 0 Å². The Hall–Kier alpha value is -1.80. The molecule has 2 aromatic rings. The molecule has 0 aromatic heterocycles. The van der Waals surface area contributed by atoms with Gasteiger partial charge in [0, 0.05) is 11.5 Å². The number of hydrogen-bond donors (Lipinski definition) is 1. The van der Waals surface area contributed by atoms with Crippen molar-refractivity contribution in [1.29, 1.82) is 0 Å². The number of benzene rings is 2. The standard InChI is InChI=1S/C18H23NO/c1-13-4-7-15(8-5-13)16(10-11-19)17-12-14(2)6-9-18(17)20-3/h4-9,12,16H,10-11,19H2,1-3H3. The molecule has 1 unspecified atom stereocenters. The second-order valence-corrected chi connectivity index (χ2v) is 5.29. The van der Waals surface area contributed by atoms with Crippen molar-refractivity contribution in [3.63, 3.8) is 0 Å². The number of rotatable bonds is 5. The van der Waals surface area contributed by atoms with E-state index in [2.05, 4.69) is 50.2 Å². The van der Waals surface area contributed by atoms with E-state index in [1.165, 1.54) is 22.3 Å². The summed E-state index contributed by atoms with van der Waals surface area (Å²) in [6.07, 6.45) is 0.920. The minimum atomic E-state index is 0.287. The van der Waals surface area contributed by atoms with Gasteiger partial charge in [-0.25, -0.2) is 0 Å².